The van der Waals surface area contributed by atoms with Crippen LogP contribution in [0.3, 0.4) is 0 Å². The zero-order chi connectivity index (χ0) is 11.4. The molecule has 1 amide bonds. The quantitative estimate of drug-likeness (QED) is 0.876. The summed E-state index contributed by atoms with van der Waals surface area (Å²) in [4.78, 5) is 13.8. The number of carbonyl (C=O) groups is 1. The average molecular weight is 255 g/mol. The zero-order valence-electron chi connectivity index (χ0n) is 9.84. The molecule has 1 aliphatic rings. The third kappa shape index (κ3) is 4.02. The third-order valence-corrected chi connectivity index (χ3v) is 2.86. The molecule has 1 aliphatic carbocycles. The molecule has 4 heteroatoms. The van der Waals surface area contributed by atoms with Crippen molar-refractivity contribution >= 4 is 24.0 Å². The number of hydrogen-bond acceptors (Lipinski definition) is 2. The van der Waals surface area contributed by atoms with E-state index in [0.717, 1.165) is 12.2 Å². The van der Waals surface area contributed by atoms with Gasteiger partial charge in [-0.2, -0.15) is 0 Å². The second-order valence-corrected chi connectivity index (χ2v) is 4.32. The maximum atomic E-state index is 12.0. The van der Waals surface area contributed by atoms with Crippen LogP contribution >= 0.6 is 12.4 Å². The Hall–Kier alpha value is -1.06. The van der Waals surface area contributed by atoms with Crippen molar-refractivity contribution in [2.75, 3.05) is 18.0 Å². The number of nitrogens with zero attached hydrogens (tertiary/aromatic N) is 1. The first-order valence-electron chi connectivity index (χ1n) is 5.86. The van der Waals surface area contributed by atoms with Crippen molar-refractivity contribution in [2.45, 2.75) is 19.3 Å². The third-order valence-electron chi connectivity index (χ3n) is 2.86. The van der Waals surface area contributed by atoms with Gasteiger partial charge < -0.3 is 10.6 Å². The minimum absolute atomic E-state index is 0. The highest BCUT2D eigenvalue weighted by atomic mass is 35.5. The molecule has 0 aromatic heterocycles. The molecule has 0 bridgehead atoms. The topological polar surface area (TPSA) is 46.3 Å². The molecule has 0 heterocycles. The summed E-state index contributed by atoms with van der Waals surface area (Å²) < 4.78 is 0. The Morgan fingerprint density at radius 1 is 1.29 bits per heavy atom. The van der Waals surface area contributed by atoms with Crippen LogP contribution in [0.5, 0.6) is 0 Å². The number of nitrogens with two attached hydrogens (primary N) is 1. The fraction of sp³-hybridized carbons (Fsp3) is 0.462. The molecule has 0 radical (unpaired) electrons. The first kappa shape index (κ1) is 14.0. The molecule has 2 N–H and O–H groups in total. The van der Waals surface area contributed by atoms with Crippen LogP contribution in [0.15, 0.2) is 30.3 Å². The highest BCUT2D eigenvalue weighted by molar-refractivity contribution is 5.93. The summed E-state index contributed by atoms with van der Waals surface area (Å²) in [5.41, 5.74) is 6.44. The number of carbonyl (C=O) groups excluding carboxylic acids is 1. The smallest absolute Gasteiger partial charge is 0.228 e. The summed E-state index contributed by atoms with van der Waals surface area (Å²) in [6, 6.07) is 9.86. The van der Waals surface area contributed by atoms with Crippen molar-refractivity contribution in [1.29, 1.82) is 0 Å². The van der Waals surface area contributed by atoms with Gasteiger partial charge in [-0.1, -0.05) is 18.2 Å². The maximum Gasteiger partial charge on any atom is 0.228 e. The number of rotatable bonds is 5. The molecule has 1 saturated carbocycles. The van der Waals surface area contributed by atoms with E-state index in [0.29, 0.717) is 18.9 Å². The number of hydrogen-bond donors (Lipinski definition) is 1. The van der Waals surface area contributed by atoms with E-state index < -0.39 is 0 Å². The van der Waals surface area contributed by atoms with Gasteiger partial charge in [-0.05, 0) is 30.9 Å². The van der Waals surface area contributed by atoms with Gasteiger partial charge in [-0.15, -0.1) is 12.4 Å². The summed E-state index contributed by atoms with van der Waals surface area (Å²) in [5, 5.41) is 0. The number of amides is 1. The molecule has 1 aromatic rings. The predicted molar refractivity (Wildman–Crippen MR) is 72.4 cm³/mol. The fourth-order valence-corrected chi connectivity index (χ4v) is 1.78. The highest BCUT2D eigenvalue weighted by Gasteiger charge is 2.27. The van der Waals surface area contributed by atoms with Crippen LogP contribution in [0.2, 0.25) is 0 Å². The summed E-state index contributed by atoms with van der Waals surface area (Å²) in [6.45, 7) is 1.27. The summed E-state index contributed by atoms with van der Waals surface area (Å²) in [7, 11) is 0. The average Bonchev–Trinajstić information content (AvgIpc) is 3.11. The van der Waals surface area contributed by atoms with Gasteiger partial charge in [0, 0.05) is 25.2 Å². The molecule has 1 fully saturated rings. The lowest BCUT2D eigenvalue weighted by Crippen LogP contribution is -2.34. The molecule has 94 valence electrons. The summed E-state index contributed by atoms with van der Waals surface area (Å²) in [5.74, 6) is 0.836. The molecule has 3 nitrogen and oxygen atoms in total. The van der Waals surface area contributed by atoms with E-state index >= 15 is 0 Å². The van der Waals surface area contributed by atoms with Crippen molar-refractivity contribution in [3.8, 4) is 0 Å². The Bertz CT molecular complexity index is 352. The standard InChI is InChI=1S/C13H18N2O.ClH/c14-9-8-13(16)15(10-11-6-7-11)12-4-2-1-3-5-12;/h1-5,11H,6-10,14H2;1H. The minimum atomic E-state index is 0. The van der Waals surface area contributed by atoms with E-state index in [1.54, 1.807) is 0 Å². The van der Waals surface area contributed by atoms with Crippen LogP contribution in [0, 0.1) is 5.92 Å². The molecule has 0 saturated heterocycles. The molecule has 0 spiro atoms. The Kier molecular flexibility index (Phi) is 5.45. The number of benzene rings is 1. The Balaban J connectivity index is 0.00000144. The SMILES string of the molecule is Cl.NCCC(=O)N(CC1CC1)c1ccccc1. The van der Waals surface area contributed by atoms with Gasteiger partial charge in [0.15, 0.2) is 0 Å². The van der Waals surface area contributed by atoms with E-state index in [9.17, 15) is 4.79 Å². The molecule has 0 aliphatic heterocycles. The van der Waals surface area contributed by atoms with Gasteiger partial charge in [0.2, 0.25) is 5.91 Å². The van der Waals surface area contributed by atoms with Gasteiger partial charge in [0.05, 0.1) is 0 Å². The molecular weight excluding hydrogens is 236 g/mol. The van der Waals surface area contributed by atoms with Crippen LogP contribution in [0.4, 0.5) is 5.69 Å². The second kappa shape index (κ2) is 6.62. The monoisotopic (exact) mass is 254 g/mol. The molecule has 1 aromatic carbocycles. The van der Waals surface area contributed by atoms with Crippen LogP contribution < -0.4 is 10.6 Å². The van der Waals surface area contributed by atoms with E-state index in [1.165, 1.54) is 12.8 Å². The van der Waals surface area contributed by atoms with Gasteiger partial charge in [-0.3, -0.25) is 4.79 Å². The predicted octanol–water partition coefficient (Wildman–Crippen LogP) is 2.20. The molecular formula is C13H19ClN2O. The van der Waals surface area contributed by atoms with Crippen molar-refractivity contribution in [3.05, 3.63) is 30.3 Å². The first-order chi connectivity index (χ1) is 7.81. The Morgan fingerprint density at radius 3 is 2.47 bits per heavy atom. The first-order valence-corrected chi connectivity index (χ1v) is 5.86. The highest BCUT2D eigenvalue weighted by Crippen LogP contribution is 2.31. The van der Waals surface area contributed by atoms with Crippen LogP contribution in [0.25, 0.3) is 0 Å². The van der Waals surface area contributed by atoms with E-state index in [4.69, 9.17) is 5.73 Å². The Morgan fingerprint density at radius 2 is 1.94 bits per heavy atom. The maximum absolute atomic E-state index is 12.0. The number of anilines is 1. The molecule has 0 atom stereocenters. The fourth-order valence-electron chi connectivity index (χ4n) is 1.78. The van der Waals surface area contributed by atoms with Gasteiger partial charge >= 0.3 is 0 Å². The molecule has 2 rings (SSSR count). The van der Waals surface area contributed by atoms with Crippen molar-refractivity contribution < 1.29 is 4.79 Å². The lowest BCUT2D eigenvalue weighted by atomic mass is 10.2. The van der Waals surface area contributed by atoms with Crippen LogP contribution in [-0.4, -0.2) is 19.0 Å². The minimum Gasteiger partial charge on any atom is -0.330 e. The normalized spacial score (nSPS) is 13.9. The van der Waals surface area contributed by atoms with Gasteiger partial charge in [0.25, 0.3) is 0 Å². The number of halogens is 1. The largest absolute Gasteiger partial charge is 0.330 e. The van der Waals surface area contributed by atoms with E-state index in [1.807, 2.05) is 35.2 Å². The van der Waals surface area contributed by atoms with Crippen LogP contribution in [-0.2, 0) is 4.79 Å². The molecule has 17 heavy (non-hydrogen) atoms. The lowest BCUT2D eigenvalue weighted by Gasteiger charge is -2.22. The lowest BCUT2D eigenvalue weighted by molar-refractivity contribution is -0.118. The second-order valence-electron chi connectivity index (χ2n) is 4.32. The van der Waals surface area contributed by atoms with E-state index in [-0.39, 0.29) is 18.3 Å². The van der Waals surface area contributed by atoms with Crippen molar-refractivity contribution in [2.24, 2.45) is 11.7 Å². The summed E-state index contributed by atoms with van der Waals surface area (Å²) in [6.07, 6.45) is 2.93. The summed E-state index contributed by atoms with van der Waals surface area (Å²) >= 11 is 0. The van der Waals surface area contributed by atoms with Crippen LogP contribution in [0.1, 0.15) is 19.3 Å². The number of para-hydroxylation sites is 1. The van der Waals surface area contributed by atoms with Crippen molar-refractivity contribution in [3.63, 3.8) is 0 Å². The zero-order valence-corrected chi connectivity index (χ0v) is 10.7. The van der Waals surface area contributed by atoms with Crippen molar-refractivity contribution in [1.82, 2.24) is 0 Å². The Labute approximate surface area is 108 Å². The van der Waals surface area contributed by atoms with Gasteiger partial charge in [0.1, 0.15) is 0 Å². The molecule has 0 unspecified atom stereocenters. The van der Waals surface area contributed by atoms with Gasteiger partial charge in [-0.25, -0.2) is 0 Å². The van der Waals surface area contributed by atoms with E-state index in [2.05, 4.69) is 0 Å².